The first-order valence-electron chi connectivity index (χ1n) is 15.1. The third kappa shape index (κ3) is 8.96. The molecule has 0 aliphatic carbocycles. The van der Waals surface area contributed by atoms with Crippen molar-refractivity contribution in [1.82, 2.24) is 10.2 Å². The lowest BCUT2D eigenvalue weighted by molar-refractivity contribution is -0.140. The second-order valence-electron chi connectivity index (χ2n) is 11.1. The lowest BCUT2D eigenvalue weighted by atomic mass is 10.0. The van der Waals surface area contributed by atoms with Gasteiger partial charge in [-0.3, -0.25) is 13.9 Å². The van der Waals surface area contributed by atoms with E-state index in [9.17, 15) is 18.0 Å². The van der Waals surface area contributed by atoms with Crippen LogP contribution in [0.4, 0.5) is 5.69 Å². The second-order valence-corrected chi connectivity index (χ2v) is 13.4. The van der Waals surface area contributed by atoms with Crippen LogP contribution in [-0.2, 0) is 32.6 Å². The number of hydrogen-bond donors (Lipinski definition) is 1. The quantitative estimate of drug-likeness (QED) is 0.155. The molecule has 45 heavy (non-hydrogen) atoms. The molecule has 0 radical (unpaired) electrons. The minimum atomic E-state index is -4.22. The Morgan fingerprint density at radius 2 is 1.49 bits per heavy atom. The number of benzene rings is 4. The largest absolute Gasteiger partial charge is 0.354 e. The van der Waals surface area contributed by atoms with E-state index in [1.807, 2.05) is 75.4 Å². The second kappa shape index (κ2) is 15.7. The monoisotopic (exact) mass is 645 g/mol. The number of sulfonamides is 1. The molecule has 1 N–H and O–H groups in total. The summed E-state index contributed by atoms with van der Waals surface area (Å²) in [6.45, 7) is 5.90. The lowest BCUT2D eigenvalue weighted by Gasteiger charge is -2.34. The normalized spacial score (nSPS) is 11.9. The Kier molecular flexibility index (Phi) is 11.8. The van der Waals surface area contributed by atoms with Gasteiger partial charge in [0.1, 0.15) is 12.6 Å². The minimum Gasteiger partial charge on any atom is -0.354 e. The first-order valence-corrected chi connectivity index (χ1v) is 16.9. The van der Waals surface area contributed by atoms with E-state index in [4.69, 9.17) is 11.6 Å². The Morgan fingerprint density at radius 3 is 2.16 bits per heavy atom. The van der Waals surface area contributed by atoms with E-state index in [0.29, 0.717) is 6.54 Å². The van der Waals surface area contributed by atoms with Crippen LogP contribution in [0, 0.1) is 13.8 Å². The molecule has 2 amide bonds. The molecule has 9 heteroatoms. The van der Waals surface area contributed by atoms with Gasteiger partial charge in [0, 0.05) is 19.5 Å². The molecule has 0 aromatic heterocycles. The maximum atomic E-state index is 14.5. The van der Waals surface area contributed by atoms with Gasteiger partial charge in [0.15, 0.2) is 0 Å². The number of nitrogens with zero attached hydrogens (tertiary/aromatic N) is 2. The highest BCUT2D eigenvalue weighted by atomic mass is 35.5. The van der Waals surface area contributed by atoms with E-state index in [0.717, 1.165) is 39.4 Å². The summed E-state index contributed by atoms with van der Waals surface area (Å²) < 4.78 is 29.3. The molecule has 0 bridgehead atoms. The van der Waals surface area contributed by atoms with Crippen LogP contribution in [0.5, 0.6) is 0 Å². The number of carbonyl (C=O) groups is 2. The molecule has 0 aliphatic rings. The predicted octanol–water partition coefficient (Wildman–Crippen LogP) is 6.71. The van der Waals surface area contributed by atoms with E-state index in [2.05, 4.69) is 5.32 Å². The van der Waals surface area contributed by atoms with Gasteiger partial charge in [0.2, 0.25) is 11.8 Å². The van der Waals surface area contributed by atoms with Gasteiger partial charge in [-0.05, 0) is 55.7 Å². The van der Waals surface area contributed by atoms with Crippen LogP contribution in [-0.4, -0.2) is 44.3 Å². The summed E-state index contributed by atoms with van der Waals surface area (Å²) >= 11 is 6.54. The zero-order chi connectivity index (χ0) is 32.4. The molecule has 0 unspecified atom stereocenters. The van der Waals surface area contributed by atoms with Crippen molar-refractivity contribution in [3.8, 4) is 0 Å². The Bertz CT molecular complexity index is 1700. The van der Waals surface area contributed by atoms with E-state index in [1.54, 1.807) is 36.4 Å². The third-order valence-corrected chi connectivity index (χ3v) is 9.64. The van der Waals surface area contributed by atoms with Crippen LogP contribution < -0.4 is 9.62 Å². The van der Waals surface area contributed by atoms with Crippen LogP contribution in [0.3, 0.4) is 0 Å². The van der Waals surface area contributed by atoms with E-state index in [1.165, 1.54) is 17.0 Å². The highest BCUT2D eigenvalue weighted by Gasteiger charge is 2.35. The van der Waals surface area contributed by atoms with E-state index >= 15 is 0 Å². The molecule has 0 saturated heterocycles. The van der Waals surface area contributed by atoms with Gasteiger partial charge in [-0.25, -0.2) is 8.42 Å². The molecule has 236 valence electrons. The molecular weight excluding hydrogens is 606 g/mol. The van der Waals surface area contributed by atoms with Gasteiger partial charge in [-0.2, -0.15) is 0 Å². The highest BCUT2D eigenvalue weighted by Crippen LogP contribution is 2.31. The van der Waals surface area contributed by atoms with Crippen LogP contribution in [0.15, 0.2) is 108 Å². The van der Waals surface area contributed by atoms with Crippen LogP contribution >= 0.6 is 11.6 Å². The van der Waals surface area contributed by atoms with Crippen molar-refractivity contribution in [2.24, 2.45) is 0 Å². The van der Waals surface area contributed by atoms with Crippen molar-refractivity contribution in [2.45, 2.75) is 57.5 Å². The van der Waals surface area contributed by atoms with Gasteiger partial charge in [-0.15, -0.1) is 0 Å². The molecule has 0 fully saturated rings. The summed E-state index contributed by atoms with van der Waals surface area (Å²) in [6, 6.07) is 29.3. The van der Waals surface area contributed by atoms with Crippen molar-refractivity contribution in [1.29, 1.82) is 0 Å². The summed E-state index contributed by atoms with van der Waals surface area (Å²) in [5.74, 6) is -0.822. The van der Waals surface area contributed by atoms with Crippen LogP contribution in [0.1, 0.15) is 42.0 Å². The van der Waals surface area contributed by atoms with Crippen molar-refractivity contribution in [3.63, 3.8) is 0 Å². The molecule has 0 saturated carbocycles. The molecule has 4 rings (SSSR count). The molecule has 0 heterocycles. The summed E-state index contributed by atoms with van der Waals surface area (Å²) in [5.41, 5.74) is 3.79. The number of amides is 2. The SMILES string of the molecule is CCCCNC(=O)[C@@H](Cc1ccccc1)N(Cc1cccc(C)c1)C(=O)CN(c1ccccc1Cl)S(=O)(=O)c1ccc(C)cc1. The van der Waals surface area contributed by atoms with Crippen molar-refractivity contribution in [2.75, 3.05) is 17.4 Å². The number of nitrogens with one attached hydrogen (secondary N) is 1. The number of hydrogen-bond acceptors (Lipinski definition) is 4. The number of aryl methyl sites for hydroxylation is 2. The topological polar surface area (TPSA) is 86.8 Å². The fourth-order valence-corrected chi connectivity index (χ4v) is 6.79. The van der Waals surface area contributed by atoms with Crippen molar-refractivity contribution in [3.05, 3.63) is 130 Å². The van der Waals surface area contributed by atoms with Gasteiger partial charge in [-0.1, -0.05) is 115 Å². The van der Waals surface area contributed by atoms with Crippen molar-refractivity contribution < 1.29 is 18.0 Å². The first-order chi connectivity index (χ1) is 21.6. The first kappa shape index (κ1) is 33.7. The maximum absolute atomic E-state index is 14.5. The molecular formula is C36H40ClN3O4S. The summed E-state index contributed by atoms with van der Waals surface area (Å²) in [6.07, 6.45) is 1.96. The zero-order valence-corrected chi connectivity index (χ0v) is 27.5. The molecule has 4 aromatic carbocycles. The third-order valence-electron chi connectivity index (χ3n) is 7.55. The summed E-state index contributed by atoms with van der Waals surface area (Å²) in [5, 5.41) is 3.19. The molecule has 0 aliphatic heterocycles. The van der Waals surface area contributed by atoms with Gasteiger partial charge < -0.3 is 10.2 Å². The van der Waals surface area contributed by atoms with Gasteiger partial charge >= 0.3 is 0 Å². The number of anilines is 1. The van der Waals surface area contributed by atoms with Crippen LogP contribution in [0.2, 0.25) is 5.02 Å². The fourth-order valence-electron chi connectivity index (χ4n) is 5.07. The number of carbonyl (C=O) groups excluding carboxylic acids is 2. The fraction of sp³-hybridized carbons (Fsp3) is 0.278. The molecule has 7 nitrogen and oxygen atoms in total. The average molecular weight is 646 g/mol. The Balaban J connectivity index is 1.80. The Labute approximate surface area is 271 Å². The average Bonchev–Trinajstić information content (AvgIpc) is 3.02. The van der Waals surface area contributed by atoms with E-state index < -0.39 is 28.5 Å². The zero-order valence-electron chi connectivity index (χ0n) is 25.9. The van der Waals surface area contributed by atoms with E-state index in [-0.39, 0.29) is 34.5 Å². The number of halogens is 1. The summed E-state index contributed by atoms with van der Waals surface area (Å²) in [4.78, 5) is 29.9. The van der Waals surface area contributed by atoms with Gasteiger partial charge in [0.25, 0.3) is 10.0 Å². The lowest BCUT2D eigenvalue weighted by Crippen LogP contribution is -2.53. The maximum Gasteiger partial charge on any atom is 0.264 e. The predicted molar refractivity (Wildman–Crippen MR) is 181 cm³/mol. The Hall–Kier alpha value is -4.14. The number of rotatable bonds is 14. The molecule has 1 atom stereocenters. The highest BCUT2D eigenvalue weighted by molar-refractivity contribution is 7.92. The number of para-hydroxylation sites is 1. The molecule has 4 aromatic rings. The minimum absolute atomic E-state index is 0.0317. The smallest absolute Gasteiger partial charge is 0.264 e. The van der Waals surface area contributed by atoms with Crippen LogP contribution in [0.25, 0.3) is 0 Å². The standard InChI is InChI=1S/C36H40ClN3O4S/c1-4-5-22-38-36(42)34(24-29-13-7-6-8-14-29)39(25-30-15-11-12-28(3)23-30)35(41)26-40(33-17-10-9-16-32(33)37)45(43,44)31-20-18-27(2)19-21-31/h6-21,23,34H,4-5,22,24-26H2,1-3H3,(H,38,42)/t34-/m1/s1. The van der Waals surface area contributed by atoms with Gasteiger partial charge in [0.05, 0.1) is 15.6 Å². The Morgan fingerprint density at radius 1 is 0.822 bits per heavy atom. The van der Waals surface area contributed by atoms with Crippen molar-refractivity contribution >= 4 is 39.1 Å². The molecule has 0 spiro atoms. The number of unbranched alkanes of at least 4 members (excludes halogenated alkanes) is 1. The summed E-state index contributed by atoms with van der Waals surface area (Å²) in [7, 11) is -4.22.